The first-order chi connectivity index (χ1) is 11.0. The van der Waals surface area contributed by atoms with Gasteiger partial charge in [0.25, 0.3) is 5.91 Å². The zero-order valence-electron chi connectivity index (χ0n) is 13.5. The number of benzene rings is 2. The van der Waals surface area contributed by atoms with Crippen LogP contribution in [0.3, 0.4) is 0 Å². The van der Waals surface area contributed by atoms with Crippen LogP contribution in [0.2, 0.25) is 0 Å². The molecule has 2 aromatic carbocycles. The molecule has 0 aliphatic rings. The molecule has 1 atom stereocenters. The molecule has 0 aliphatic carbocycles. The number of rotatable bonds is 6. The maximum atomic E-state index is 13.4. The summed E-state index contributed by atoms with van der Waals surface area (Å²) in [6.45, 7) is 0.368. The average molecular weight is 316 g/mol. The van der Waals surface area contributed by atoms with Gasteiger partial charge in [-0.1, -0.05) is 24.3 Å². The van der Waals surface area contributed by atoms with Gasteiger partial charge in [-0.2, -0.15) is 0 Å². The van der Waals surface area contributed by atoms with Crippen LogP contribution < -0.4 is 10.1 Å². The second-order valence-electron chi connectivity index (χ2n) is 5.44. The van der Waals surface area contributed by atoms with Crippen molar-refractivity contribution >= 4 is 5.91 Å². The summed E-state index contributed by atoms with van der Waals surface area (Å²) in [5.41, 5.74) is 1.29. The molecule has 0 radical (unpaired) electrons. The van der Waals surface area contributed by atoms with Crippen LogP contribution in [0.4, 0.5) is 4.39 Å². The average Bonchev–Trinajstić information content (AvgIpc) is 2.54. The third-order valence-corrected chi connectivity index (χ3v) is 3.66. The quantitative estimate of drug-likeness (QED) is 0.891. The number of ether oxygens (including phenoxy) is 1. The summed E-state index contributed by atoms with van der Waals surface area (Å²) in [7, 11) is 5.32. The Kier molecular flexibility index (Phi) is 5.71. The number of para-hydroxylation sites is 1. The first kappa shape index (κ1) is 17.0. The third kappa shape index (κ3) is 4.29. The predicted octanol–water partition coefficient (Wildman–Crippen LogP) is 2.87. The SMILES string of the molecule is COc1ccccc1C(=O)NC[C@@H](c1cccc(F)c1)N(C)C. The lowest BCUT2D eigenvalue weighted by Gasteiger charge is -2.25. The Labute approximate surface area is 135 Å². The minimum Gasteiger partial charge on any atom is -0.496 e. The van der Waals surface area contributed by atoms with E-state index in [1.807, 2.05) is 31.1 Å². The van der Waals surface area contributed by atoms with Gasteiger partial charge in [-0.05, 0) is 43.9 Å². The van der Waals surface area contributed by atoms with Crippen LogP contribution in [0.25, 0.3) is 0 Å². The van der Waals surface area contributed by atoms with Crippen LogP contribution >= 0.6 is 0 Å². The Balaban J connectivity index is 2.11. The van der Waals surface area contributed by atoms with Gasteiger partial charge in [-0.25, -0.2) is 4.39 Å². The molecule has 0 aromatic heterocycles. The highest BCUT2D eigenvalue weighted by Gasteiger charge is 2.17. The van der Waals surface area contributed by atoms with E-state index in [-0.39, 0.29) is 17.8 Å². The number of hydrogen-bond acceptors (Lipinski definition) is 3. The Hall–Kier alpha value is -2.40. The number of carbonyl (C=O) groups is 1. The fourth-order valence-corrected chi connectivity index (χ4v) is 2.43. The molecular weight excluding hydrogens is 295 g/mol. The van der Waals surface area contributed by atoms with E-state index in [2.05, 4.69) is 5.32 Å². The van der Waals surface area contributed by atoms with Gasteiger partial charge in [0, 0.05) is 6.54 Å². The molecule has 0 spiro atoms. The number of nitrogens with zero attached hydrogens (tertiary/aromatic N) is 1. The topological polar surface area (TPSA) is 41.6 Å². The van der Waals surface area contributed by atoms with Crippen molar-refractivity contribution < 1.29 is 13.9 Å². The molecule has 0 bridgehead atoms. The minimum absolute atomic E-state index is 0.121. The van der Waals surface area contributed by atoms with E-state index in [1.165, 1.54) is 19.2 Å². The number of hydrogen-bond donors (Lipinski definition) is 1. The van der Waals surface area contributed by atoms with Gasteiger partial charge in [0.05, 0.1) is 18.7 Å². The van der Waals surface area contributed by atoms with Crippen LogP contribution in [0, 0.1) is 5.82 Å². The second kappa shape index (κ2) is 7.74. The van der Waals surface area contributed by atoms with E-state index in [4.69, 9.17) is 4.74 Å². The summed E-state index contributed by atoms with van der Waals surface area (Å²) in [6.07, 6.45) is 0. The van der Waals surface area contributed by atoms with Crippen molar-refractivity contribution in [2.24, 2.45) is 0 Å². The molecule has 1 N–H and O–H groups in total. The number of nitrogens with one attached hydrogen (secondary N) is 1. The number of halogens is 1. The van der Waals surface area contributed by atoms with Gasteiger partial charge in [-0.3, -0.25) is 4.79 Å². The summed E-state index contributed by atoms with van der Waals surface area (Å²) in [4.78, 5) is 14.3. The van der Waals surface area contributed by atoms with Crippen molar-refractivity contribution in [1.29, 1.82) is 0 Å². The van der Waals surface area contributed by atoms with Gasteiger partial charge in [0.2, 0.25) is 0 Å². The third-order valence-electron chi connectivity index (χ3n) is 3.66. The second-order valence-corrected chi connectivity index (χ2v) is 5.44. The smallest absolute Gasteiger partial charge is 0.255 e. The highest BCUT2D eigenvalue weighted by molar-refractivity contribution is 5.96. The fraction of sp³-hybridized carbons (Fsp3) is 0.278. The largest absolute Gasteiger partial charge is 0.496 e. The molecule has 0 fully saturated rings. The molecule has 4 nitrogen and oxygen atoms in total. The Morgan fingerprint density at radius 3 is 2.61 bits per heavy atom. The van der Waals surface area contributed by atoms with Crippen molar-refractivity contribution in [3.63, 3.8) is 0 Å². The van der Waals surface area contributed by atoms with Crippen molar-refractivity contribution in [2.75, 3.05) is 27.7 Å². The minimum atomic E-state index is -0.287. The van der Waals surface area contributed by atoms with Gasteiger partial charge in [0.15, 0.2) is 0 Å². The molecule has 2 aromatic rings. The standard InChI is InChI=1S/C18H21FN2O2/c1-21(2)16(13-7-6-8-14(19)11-13)12-20-18(22)15-9-4-5-10-17(15)23-3/h4-11,16H,12H2,1-3H3,(H,20,22)/t16-/m0/s1. The van der Waals surface area contributed by atoms with Crippen LogP contribution in [-0.2, 0) is 0 Å². The van der Waals surface area contributed by atoms with E-state index < -0.39 is 0 Å². The van der Waals surface area contributed by atoms with Gasteiger partial charge < -0.3 is 15.0 Å². The molecule has 0 aliphatic heterocycles. The zero-order chi connectivity index (χ0) is 16.8. The van der Waals surface area contributed by atoms with Crippen molar-refractivity contribution in [1.82, 2.24) is 10.2 Å². The Morgan fingerprint density at radius 2 is 1.96 bits per heavy atom. The number of carbonyl (C=O) groups excluding carboxylic acids is 1. The van der Waals surface area contributed by atoms with E-state index in [0.717, 1.165) is 5.56 Å². The number of methoxy groups -OCH3 is 1. The van der Waals surface area contributed by atoms with Gasteiger partial charge in [0.1, 0.15) is 11.6 Å². The summed E-state index contributed by atoms with van der Waals surface area (Å²) in [6, 6.07) is 13.3. The van der Waals surface area contributed by atoms with Crippen LogP contribution in [0.5, 0.6) is 5.75 Å². The highest BCUT2D eigenvalue weighted by atomic mass is 19.1. The van der Waals surface area contributed by atoms with E-state index in [0.29, 0.717) is 17.9 Å². The molecule has 1 amide bonds. The van der Waals surface area contributed by atoms with Crippen molar-refractivity contribution in [2.45, 2.75) is 6.04 Å². The monoisotopic (exact) mass is 316 g/mol. The van der Waals surface area contributed by atoms with E-state index >= 15 is 0 Å². The summed E-state index contributed by atoms with van der Waals surface area (Å²) in [5, 5.41) is 2.89. The van der Waals surface area contributed by atoms with Gasteiger partial charge >= 0.3 is 0 Å². The number of amides is 1. The lowest BCUT2D eigenvalue weighted by atomic mass is 10.1. The lowest BCUT2D eigenvalue weighted by molar-refractivity contribution is 0.0939. The highest BCUT2D eigenvalue weighted by Crippen LogP contribution is 2.20. The van der Waals surface area contributed by atoms with E-state index in [1.54, 1.807) is 24.3 Å². The predicted molar refractivity (Wildman–Crippen MR) is 88.2 cm³/mol. The summed E-state index contributed by atoms with van der Waals surface area (Å²) in [5.74, 6) is 0.0215. The van der Waals surface area contributed by atoms with Crippen LogP contribution in [0.15, 0.2) is 48.5 Å². The molecule has 122 valence electrons. The molecule has 0 saturated heterocycles. The molecule has 0 unspecified atom stereocenters. The van der Waals surface area contributed by atoms with Gasteiger partial charge in [-0.15, -0.1) is 0 Å². The van der Waals surface area contributed by atoms with Crippen molar-refractivity contribution in [3.05, 3.63) is 65.5 Å². The maximum Gasteiger partial charge on any atom is 0.255 e. The first-order valence-corrected chi connectivity index (χ1v) is 7.36. The molecule has 0 saturated carbocycles. The molecule has 23 heavy (non-hydrogen) atoms. The first-order valence-electron chi connectivity index (χ1n) is 7.36. The molecule has 5 heteroatoms. The van der Waals surface area contributed by atoms with Crippen molar-refractivity contribution in [3.8, 4) is 5.75 Å². The maximum absolute atomic E-state index is 13.4. The van der Waals surface area contributed by atoms with Crippen LogP contribution in [-0.4, -0.2) is 38.6 Å². The van der Waals surface area contributed by atoms with E-state index in [9.17, 15) is 9.18 Å². The number of likely N-dealkylation sites (N-methyl/N-ethyl adjacent to an activating group) is 1. The molecule has 0 heterocycles. The zero-order valence-corrected chi connectivity index (χ0v) is 13.5. The lowest BCUT2D eigenvalue weighted by Crippen LogP contribution is -2.34. The molecular formula is C18H21FN2O2. The Morgan fingerprint density at radius 1 is 1.22 bits per heavy atom. The summed E-state index contributed by atoms with van der Waals surface area (Å²) >= 11 is 0. The summed E-state index contributed by atoms with van der Waals surface area (Å²) < 4.78 is 18.6. The van der Waals surface area contributed by atoms with Crippen LogP contribution in [0.1, 0.15) is 22.0 Å². The molecule has 2 rings (SSSR count). The Bertz CT molecular complexity index is 674. The fourth-order valence-electron chi connectivity index (χ4n) is 2.43. The normalized spacial score (nSPS) is 12.0.